The maximum absolute atomic E-state index is 9.91. The van der Waals surface area contributed by atoms with E-state index in [4.69, 9.17) is 4.74 Å². The molecule has 0 aromatic rings. The normalized spacial score (nSPS) is 45.6. The van der Waals surface area contributed by atoms with Crippen molar-refractivity contribution >= 4 is 0 Å². The predicted octanol–water partition coefficient (Wildman–Crippen LogP) is 0.866. The first-order valence-electron chi connectivity index (χ1n) is 5.70. The monoisotopic (exact) mass is 199 g/mol. The van der Waals surface area contributed by atoms with Gasteiger partial charge >= 0.3 is 0 Å². The van der Waals surface area contributed by atoms with Crippen molar-refractivity contribution in [2.45, 2.75) is 44.9 Å². The summed E-state index contributed by atoms with van der Waals surface area (Å²) < 4.78 is 5.45. The Bertz CT molecular complexity index is 194. The molecule has 0 amide bonds. The fraction of sp³-hybridized carbons (Fsp3) is 1.00. The van der Waals surface area contributed by atoms with Crippen LogP contribution in [0.15, 0.2) is 0 Å². The van der Waals surface area contributed by atoms with E-state index in [1.807, 2.05) is 0 Å². The highest BCUT2D eigenvalue weighted by Gasteiger charge is 2.36. The van der Waals surface area contributed by atoms with Crippen molar-refractivity contribution < 1.29 is 9.84 Å². The third-order valence-electron chi connectivity index (χ3n) is 3.55. The summed E-state index contributed by atoms with van der Waals surface area (Å²) in [6.07, 6.45) is 1.86. The van der Waals surface area contributed by atoms with Gasteiger partial charge in [0.1, 0.15) is 0 Å². The van der Waals surface area contributed by atoms with E-state index in [0.29, 0.717) is 12.6 Å². The highest BCUT2D eigenvalue weighted by molar-refractivity contribution is 4.90. The van der Waals surface area contributed by atoms with Crippen LogP contribution in [0.4, 0.5) is 0 Å². The summed E-state index contributed by atoms with van der Waals surface area (Å²) in [5.74, 6) is 0.763. The van der Waals surface area contributed by atoms with Crippen molar-refractivity contribution in [3.63, 3.8) is 0 Å². The van der Waals surface area contributed by atoms with Gasteiger partial charge in [-0.05, 0) is 25.7 Å². The van der Waals surface area contributed by atoms with Gasteiger partial charge in [-0.3, -0.25) is 4.90 Å². The number of hydrogen-bond acceptors (Lipinski definition) is 3. The molecule has 2 heterocycles. The second-order valence-electron chi connectivity index (χ2n) is 4.88. The standard InChI is InChI=1S/C11H21NO2/c1-8-5-9(2)12(6-8)10-7-14-4-3-11(10)13/h8-11,13H,3-7H2,1-2H3. The maximum Gasteiger partial charge on any atom is 0.0739 e. The molecule has 0 aliphatic carbocycles. The van der Waals surface area contributed by atoms with Crippen LogP contribution in [-0.2, 0) is 4.74 Å². The Morgan fingerprint density at radius 3 is 2.71 bits per heavy atom. The minimum Gasteiger partial charge on any atom is -0.391 e. The molecule has 1 N–H and O–H groups in total. The maximum atomic E-state index is 9.91. The summed E-state index contributed by atoms with van der Waals surface area (Å²) in [5, 5.41) is 9.91. The summed E-state index contributed by atoms with van der Waals surface area (Å²) in [5.41, 5.74) is 0. The van der Waals surface area contributed by atoms with Gasteiger partial charge in [0.2, 0.25) is 0 Å². The van der Waals surface area contributed by atoms with Gasteiger partial charge in [-0.2, -0.15) is 0 Å². The van der Waals surface area contributed by atoms with Crippen LogP contribution in [-0.4, -0.2) is 48.0 Å². The highest BCUT2D eigenvalue weighted by atomic mass is 16.5. The van der Waals surface area contributed by atoms with Gasteiger partial charge in [0, 0.05) is 19.2 Å². The van der Waals surface area contributed by atoms with Crippen LogP contribution in [0.1, 0.15) is 26.7 Å². The number of aliphatic hydroxyl groups is 1. The number of hydrogen-bond donors (Lipinski definition) is 1. The first-order valence-corrected chi connectivity index (χ1v) is 5.70. The van der Waals surface area contributed by atoms with Crippen LogP contribution in [0.2, 0.25) is 0 Å². The smallest absolute Gasteiger partial charge is 0.0739 e. The molecule has 2 fully saturated rings. The van der Waals surface area contributed by atoms with Gasteiger partial charge in [0.25, 0.3) is 0 Å². The summed E-state index contributed by atoms with van der Waals surface area (Å²) >= 11 is 0. The molecule has 0 aromatic heterocycles. The zero-order chi connectivity index (χ0) is 10.1. The molecular formula is C11H21NO2. The summed E-state index contributed by atoms with van der Waals surface area (Å²) in [4.78, 5) is 2.43. The minimum atomic E-state index is -0.184. The second kappa shape index (κ2) is 4.17. The van der Waals surface area contributed by atoms with E-state index in [1.165, 1.54) is 6.42 Å². The van der Waals surface area contributed by atoms with Gasteiger partial charge in [-0.25, -0.2) is 0 Å². The van der Waals surface area contributed by atoms with Gasteiger partial charge in [-0.1, -0.05) is 6.92 Å². The van der Waals surface area contributed by atoms with Crippen molar-refractivity contribution in [2.75, 3.05) is 19.8 Å². The van der Waals surface area contributed by atoms with Gasteiger partial charge in [0.05, 0.1) is 18.8 Å². The van der Waals surface area contributed by atoms with Gasteiger partial charge < -0.3 is 9.84 Å². The van der Waals surface area contributed by atoms with E-state index in [2.05, 4.69) is 18.7 Å². The molecule has 0 saturated carbocycles. The van der Waals surface area contributed by atoms with Crippen LogP contribution in [0.3, 0.4) is 0 Å². The van der Waals surface area contributed by atoms with Crippen molar-refractivity contribution in [3.8, 4) is 0 Å². The quantitative estimate of drug-likeness (QED) is 0.680. The number of ether oxygens (including phenoxy) is 1. The van der Waals surface area contributed by atoms with Crippen LogP contribution in [0.25, 0.3) is 0 Å². The molecule has 14 heavy (non-hydrogen) atoms. The SMILES string of the molecule is CC1CC(C)N(C2COCCC2O)C1. The Hall–Kier alpha value is -0.120. The molecule has 0 spiro atoms. The van der Waals surface area contributed by atoms with E-state index in [-0.39, 0.29) is 12.1 Å². The number of rotatable bonds is 1. The van der Waals surface area contributed by atoms with E-state index < -0.39 is 0 Å². The topological polar surface area (TPSA) is 32.7 Å². The summed E-state index contributed by atoms with van der Waals surface area (Å²) in [7, 11) is 0. The zero-order valence-electron chi connectivity index (χ0n) is 9.15. The van der Waals surface area contributed by atoms with Gasteiger partial charge in [0.15, 0.2) is 0 Å². The van der Waals surface area contributed by atoms with Crippen LogP contribution < -0.4 is 0 Å². The number of likely N-dealkylation sites (tertiary alicyclic amines) is 1. The molecule has 0 bridgehead atoms. The third-order valence-corrected chi connectivity index (χ3v) is 3.55. The average Bonchev–Trinajstić information content (AvgIpc) is 2.46. The molecule has 2 aliphatic rings. The molecule has 3 heteroatoms. The van der Waals surface area contributed by atoms with Crippen LogP contribution in [0.5, 0.6) is 0 Å². The van der Waals surface area contributed by atoms with Crippen molar-refractivity contribution in [1.29, 1.82) is 0 Å². The first kappa shape index (κ1) is 10.4. The Labute approximate surface area is 86.0 Å². The molecule has 4 atom stereocenters. The highest BCUT2D eigenvalue weighted by Crippen LogP contribution is 2.27. The van der Waals surface area contributed by atoms with Crippen LogP contribution in [0, 0.1) is 5.92 Å². The molecular weight excluding hydrogens is 178 g/mol. The van der Waals surface area contributed by atoms with Crippen molar-refractivity contribution in [2.24, 2.45) is 5.92 Å². The lowest BCUT2D eigenvalue weighted by Crippen LogP contribution is -2.51. The Kier molecular flexibility index (Phi) is 3.10. The summed E-state index contributed by atoms with van der Waals surface area (Å²) in [6, 6.07) is 0.843. The molecule has 82 valence electrons. The molecule has 4 unspecified atom stereocenters. The van der Waals surface area contributed by atoms with Crippen molar-refractivity contribution in [3.05, 3.63) is 0 Å². The van der Waals surface area contributed by atoms with E-state index in [1.54, 1.807) is 0 Å². The molecule has 0 radical (unpaired) electrons. The molecule has 2 rings (SSSR count). The molecule has 0 aromatic carbocycles. The number of aliphatic hydroxyl groups excluding tert-OH is 1. The third kappa shape index (κ3) is 1.95. The van der Waals surface area contributed by atoms with Crippen molar-refractivity contribution in [1.82, 2.24) is 4.90 Å². The van der Waals surface area contributed by atoms with Crippen LogP contribution >= 0.6 is 0 Å². The van der Waals surface area contributed by atoms with E-state index >= 15 is 0 Å². The van der Waals surface area contributed by atoms with Gasteiger partial charge in [-0.15, -0.1) is 0 Å². The van der Waals surface area contributed by atoms with E-state index in [0.717, 1.165) is 25.5 Å². The summed E-state index contributed by atoms with van der Waals surface area (Å²) in [6.45, 7) is 7.08. The Morgan fingerprint density at radius 1 is 1.36 bits per heavy atom. The molecule has 2 aliphatic heterocycles. The Morgan fingerprint density at radius 2 is 2.14 bits per heavy atom. The second-order valence-corrected chi connectivity index (χ2v) is 4.88. The predicted molar refractivity (Wildman–Crippen MR) is 55.2 cm³/mol. The average molecular weight is 199 g/mol. The molecule has 3 nitrogen and oxygen atoms in total. The number of nitrogens with zero attached hydrogens (tertiary/aromatic N) is 1. The fourth-order valence-electron chi connectivity index (χ4n) is 2.82. The largest absolute Gasteiger partial charge is 0.391 e. The minimum absolute atomic E-state index is 0.184. The fourth-order valence-corrected chi connectivity index (χ4v) is 2.82. The van der Waals surface area contributed by atoms with E-state index in [9.17, 15) is 5.11 Å². The molecule has 2 saturated heterocycles. The lowest BCUT2D eigenvalue weighted by Gasteiger charge is -2.37. The zero-order valence-corrected chi connectivity index (χ0v) is 9.15. The lowest BCUT2D eigenvalue weighted by molar-refractivity contribution is -0.0639. The first-order chi connectivity index (χ1) is 6.68. The lowest BCUT2D eigenvalue weighted by atomic mass is 10.0. The Balaban J connectivity index is 1.99.